The summed E-state index contributed by atoms with van der Waals surface area (Å²) in [6.07, 6.45) is 1.52. The van der Waals surface area contributed by atoms with Crippen LogP contribution in [0.4, 0.5) is 4.39 Å². The fourth-order valence-electron chi connectivity index (χ4n) is 3.44. The molecule has 150 valence electrons. The van der Waals surface area contributed by atoms with Crippen molar-refractivity contribution in [2.45, 2.75) is 37.7 Å². The number of hydrogen-bond donors (Lipinski definition) is 1. The second-order valence-corrected chi connectivity index (χ2v) is 8.09. The van der Waals surface area contributed by atoms with Crippen molar-refractivity contribution < 1.29 is 18.7 Å². The Hall–Kier alpha value is -2.11. The van der Waals surface area contributed by atoms with Crippen LogP contribution >= 0.6 is 11.6 Å². The Labute approximate surface area is 170 Å². The number of halogens is 2. The Morgan fingerprint density at radius 2 is 1.75 bits per heavy atom. The van der Waals surface area contributed by atoms with Gasteiger partial charge in [-0.15, -0.1) is 0 Å². The summed E-state index contributed by atoms with van der Waals surface area (Å²) in [5.74, 6) is 0.0896. The normalized spacial score (nSPS) is 16.4. The zero-order valence-corrected chi connectivity index (χ0v) is 16.9. The standard InChI is InChI=1S/C22H25ClFNO3/c1-21(2,28-19-9-5-17(23)6-10-19)20(26)25-15-22(11-13-27-14-12-22)16-3-7-18(24)8-4-16/h3-10H,11-15H2,1-2H3,(H,25,26). The summed E-state index contributed by atoms with van der Waals surface area (Å²) in [7, 11) is 0. The average Bonchev–Trinajstić information content (AvgIpc) is 2.69. The van der Waals surface area contributed by atoms with Crippen LogP contribution in [0.5, 0.6) is 5.75 Å². The highest BCUT2D eigenvalue weighted by molar-refractivity contribution is 6.30. The summed E-state index contributed by atoms with van der Waals surface area (Å²) in [5, 5.41) is 3.65. The van der Waals surface area contributed by atoms with Gasteiger partial charge in [-0.1, -0.05) is 23.7 Å². The lowest BCUT2D eigenvalue weighted by Crippen LogP contribution is -2.52. The molecule has 3 rings (SSSR count). The van der Waals surface area contributed by atoms with Crippen molar-refractivity contribution in [3.63, 3.8) is 0 Å². The highest BCUT2D eigenvalue weighted by Gasteiger charge is 2.37. The molecule has 0 unspecified atom stereocenters. The van der Waals surface area contributed by atoms with E-state index in [4.69, 9.17) is 21.1 Å². The molecule has 0 radical (unpaired) electrons. The largest absolute Gasteiger partial charge is 0.478 e. The summed E-state index contributed by atoms with van der Waals surface area (Å²) >= 11 is 5.90. The molecule has 0 bridgehead atoms. The van der Waals surface area contributed by atoms with E-state index in [1.807, 2.05) is 0 Å². The van der Waals surface area contributed by atoms with Crippen LogP contribution in [0, 0.1) is 5.82 Å². The quantitative estimate of drug-likeness (QED) is 0.769. The van der Waals surface area contributed by atoms with Gasteiger partial charge in [0, 0.05) is 30.2 Å². The Morgan fingerprint density at radius 1 is 1.14 bits per heavy atom. The van der Waals surface area contributed by atoms with E-state index in [-0.39, 0.29) is 17.1 Å². The molecule has 2 aromatic carbocycles. The van der Waals surface area contributed by atoms with E-state index in [9.17, 15) is 9.18 Å². The van der Waals surface area contributed by atoms with E-state index >= 15 is 0 Å². The van der Waals surface area contributed by atoms with Crippen molar-refractivity contribution in [2.75, 3.05) is 19.8 Å². The van der Waals surface area contributed by atoms with Crippen molar-refractivity contribution in [3.8, 4) is 5.75 Å². The SMILES string of the molecule is CC(C)(Oc1ccc(Cl)cc1)C(=O)NCC1(c2ccc(F)cc2)CCOCC1. The molecule has 0 aromatic heterocycles. The van der Waals surface area contributed by atoms with Gasteiger partial charge in [0.1, 0.15) is 11.6 Å². The predicted molar refractivity (Wildman–Crippen MR) is 107 cm³/mol. The first-order chi connectivity index (χ1) is 13.3. The molecule has 6 heteroatoms. The van der Waals surface area contributed by atoms with Crippen molar-refractivity contribution in [2.24, 2.45) is 0 Å². The first-order valence-corrected chi connectivity index (χ1v) is 9.75. The lowest BCUT2D eigenvalue weighted by Gasteiger charge is -2.38. The number of nitrogens with one attached hydrogen (secondary N) is 1. The molecule has 0 aliphatic carbocycles. The lowest BCUT2D eigenvalue weighted by molar-refractivity contribution is -0.134. The molecule has 28 heavy (non-hydrogen) atoms. The minimum Gasteiger partial charge on any atom is -0.478 e. The maximum Gasteiger partial charge on any atom is 0.263 e. The first kappa shape index (κ1) is 20.6. The van der Waals surface area contributed by atoms with Crippen molar-refractivity contribution >= 4 is 17.5 Å². The zero-order valence-electron chi connectivity index (χ0n) is 16.1. The summed E-state index contributed by atoms with van der Waals surface area (Å²) in [4.78, 5) is 12.9. The average molecular weight is 406 g/mol. The van der Waals surface area contributed by atoms with Crippen LogP contribution in [0.1, 0.15) is 32.3 Å². The number of ether oxygens (including phenoxy) is 2. The third-order valence-electron chi connectivity index (χ3n) is 5.23. The molecule has 1 heterocycles. The second kappa shape index (κ2) is 8.50. The second-order valence-electron chi connectivity index (χ2n) is 7.65. The van der Waals surface area contributed by atoms with E-state index in [0.717, 1.165) is 18.4 Å². The topological polar surface area (TPSA) is 47.6 Å². The number of amides is 1. The molecular formula is C22H25ClFNO3. The highest BCUT2D eigenvalue weighted by atomic mass is 35.5. The van der Waals surface area contributed by atoms with Crippen LogP contribution in [0.3, 0.4) is 0 Å². The van der Waals surface area contributed by atoms with E-state index in [1.165, 1.54) is 12.1 Å². The number of carbonyl (C=O) groups is 1. The van der Waals surface area contributed by atoms with Gasteiger partial charge in [0.25, 0.3) is 5.91 Å². The van der Waals surface area contributed by atoms with Gasteiger partial charge < -0.3 is 14.8 Å². The van der Waals surface area contributed by atoms with Crippen LogP contribution in [0.2, 0.25) is 5.02 Å². The third kappa shape index (κ3) is 4.83. The Balaban J connectivity index is 1.70. The summed E-state index contributed by atoms with van der Waals surface area (Å²) in [6, 6.07) is 13.4. The first-order valence-electron chi connectivity index (χ1n) is 9.37. The van der Waals surface area contributed by atoms with Crippen LogP contribution in [-0.4, -0.2) is 31.3 Å². The number of carbonyl (C=O) groups excluding carboxylic acids is 1. The van der Waals surface area contributed by atoms with Crippen LogP contribution in [0.15, 0.2) is 48.5 Å². The molecule has 1 fully saturated rings. The van der Waals surface area contributed by atoms with Crippen LogP contribution in [0.25, 0.3) is 0 Å². The molecule has 0 saturated carbocycles. The van der Waals surface area contributed by atoms with Gasteiger partial charge in [0.2, 0.25) is 0 Å². The van der Waals surface area contributed by atoms with Gasteiger partial charge in [0.05, 0.1) is 0 Å². The number of benzene rings is 2. The molecule has 1 saturated heterocycles. The molecule has 1 N–H and O–H groups in total. The minimum absolute atomic E-state index is 0.213. The Bertz CT molecular complexity index is 800. The van der Waals surface area contributed by atoms with Crippen molar-refractivity contribution in [1.29, 1.82) is 0 Å². The number of hydrogen-bond acceptors (Lipinski definition) is 3. The van der Waals surface area contributed by atoms with Crippen molar-refractivity contribution in [3.05, 3.63) is 64.9 Å². The summed E-state index contributed by atoms with van der Waals surface area (Å²) < 4.78 is 24.7. The van der Waals surface area contributed by atoms with E-state index in [0.29, 0.717) is 30.5 Å². The third-order valence-corrected chi connectivity index (χ3v) is 5.48. The van der Waals surface area contributed by atoms with Gasteiger partial charge in [-0.2, -0.15) is 0 Å². The molecular weight excluding hydrogens is 381 g/mol. The molecule has 1 aliphatic rings. The molecule has 1 amide bonds. The molecule has 0 spiro atoms. The van der Waals surface area contributed by atoms with Crippen molar-refractivity contribution in [1.82, 2.24) is 5.32 Å². The van der Waals surface area contributed by atoms with Gasteiger partial charge >= 0.3 is 0 Å². The van der Waals surface area contributed by atoms with Gasteiger partial charge in [-0.25, -0.2) is 4.39 Å². The Morgan fingerprint density at radius 3 is 2.36 bits per heavy atom. The zero-order chi connectivity index (χ0) is 20.2. The van der Waals surface area contributed by atoms with Crippen LogP contribution in [-0.2, 0) is 14.9 Å². The van der Waals surface area contributed by atoms with E-state index < -0.39 is 5.60 Å². The fourth-order valence-corrected chi connectivity index (χ4v) is 3.57. The highest BCUT2D eigenvalue weighted by Crippen LogP contribution is 2.34. The monoisotopic (exact) mass is 405 g/mol. The van der Waals surface area contributed by atoms with E-state index in [2.05, 4.69) is 5.32 Å². The van der Waals surface area contributed by atoms with Gasteiger partial charge in [0.15, 0.2) is 5.60 Å². The maximum absolute atomic E-state index is 13.4. The molecule has 0 atom stereocenters. The predicted octanol–water partition coefficient (Wildman–Crippen LogP) is 4.50. The molecule has 1 aliphatic heterocycles. The minimum atomic E-state index is -1.05. The number of rotatable bonds is 6. The van der Waals surface area contributed by atoms with Gasteiger partial charge in [-0.05, 0) is 68.7 Å². The van der Waals surface area contributed by atoms with Gasteiger partial charge in [-0.3, -0.25) is 4.79 Å². The summed E-state index contributed by atoms with van der Waals surface area (Å²) in [5.41, 5.74) is -0.324. The lowest BCUT2D eigenvalue weighted by atomic mass is 9.74. The maximum atomic E-state index is 13.4. The van der Waals surface area contributed by atoms with Crippen LogP contribution < -0.4 is 10.1 Å². The Kier molecular flexibility index (Phi) is 6.26. The fraction of sp³-hybridized carbons (Fsp3) is 0.409. The van der Waals surface area contributed by atoms with E-state index in [1.54, 1.807) is 50.2 Å². The molecule has 2 aromatic rings. The molecule has 4 nitrogen and oxygen atoms in total. The summed E-state index contributed by atoms with van der Waals surface area (Å²) in [6.45, 7) is 5.11. The smallest absolute Gasteiger partial charge is 0.263 e.